The minimum absolute atomic E-state index is 0.142. The molecule has 0 spiro atoms. The van der Waals surface area contributed by atoms with E-state index in [1.54, 1.807) is 13.0 Å². The van der Waals surface area contributed by atoms with Gasteiger partial charge in [0.1, 0.15) is 0 Å². The predicted molar refractivity (Wildman–Crippen MR) is 58.0 cm³/mol. The zero-order valence-corrected chi connectivity index (χ0v) is 8.99. The first-order chi connectivity index (χ1) is 8.18. The molecule has 0 radical (unpaired) electrons. The van der Waals surface area contributed by atoms with Crippen molar-refractivity contribution in [3.05, 3.63) is 42.1 Å². The maximum Gasteiger partial charge on any atom is 0.358 e. The van der Waals surface area contributed by atoms with Gasteiger partial charge in [0.05, 0.1) is 5.69 Å². The Hall–Kier alpha value is -2.50. The predicted octanol–water partition coefficient (Wildman–Crippen LogP) is 1.67. The molecule has 0 fully saturated rings. The zero-order chi connectivity index (χ0) is 12.3. The summed E-state index contributed by atoms with van der Waals surface area (Å²) in [6, 6.07) is 3.11. The number of pyridine rings is 1. The normalized spacial score (nSPS) is 9.94. The molecular formula is C11H9N3O3. The van der Waals surface area contributed by atoms with E-state index in [1.807, 2.05) is 0 Å². The molecule has 6 nitrogen and oxygen atoms in total. The number of nitrogens with zero attached hydrogens (tertiary/aromatic N) is 3. The van der Waals surface area contributed by atoms with E-state index in [4.69, 9.17) is 9.84 Å². The van der Waals surface area contributed by atoms with E-state index in [2.05, 4.69) is 15.0 Å². The molecule has 0 aliphatic carbocycles. The molecule has 0 unspecified atom stereocenters. The smallest absolute Gasteiger partial charge is 0.358 e. The highest BCUT2D eigenvalue weighted by atomic mass is 16.5. The molecule has 2 aromatic rings. The minimum atomic E-state index is -1.15. The second-order valence-corrected chi connectivity index (χ2v) is 3.20. The molecule has 0 aromatic carbocycles. The van der Waals surface area contributed by atoms with Gasteiger partial charge in [0.15, 0.2) is 11.4 Å². The largest absolute Gasteiger partial charge is 0.476 e. The molecule has 17 heavy (non-hydrogen) atoms. The van der Waals surface area contributed by atoms with Crippen molar-refractivity contribution in [1.82, 2.24) is 15.0 Å². The quantitative estimate of drug-likeness (QED) is 0.864. The Kier molecular flexibility index (Phi) is 2.95. The Labute approximate surface area is 96.9 Å². The lowest BCUT2D eigenvalue weighted by Gasteiger charge is -2.07. The Morgan fingerprint density at radius 2 is 2.00 bits per heavy atom. The summed E-state index contributed by atoms with van der Waals surface area (Å²) in [4.78, 5) is 22.6. The molecule has 0 amide bonds. The van der Waals surface area contributed by atoms with Crippen LogP contribution in [0.5, 0.6) is 11.6 Å². The number of rotatable bonds is 3. The molecule has 86 valence electrons. The number of aromatic nitrogens is 3. The zero-order valence-electron chi connectivity index (χ0n) is 8.99. The Morgan fingerprint density at radius 3 is 2.71 bits per heavy atom. The van der Waals surface area contributed by atoms with Crippen molar-refractivity contribution >= 4 is 5.97 Å². The van der Waals surface area contributed by atoms with Gasteiger partial charge in [-0.25, -0.2) is 14.8 Å². The van der Waals surface area contributed by atoms with Crippen molar-refractivity contribution < 1.29 is 14.6 Å². The third-order valence-corrected chi connectivity index (χ3v) is 2.02. The summed E-state index contributed by atoms with van der Waals surface area (Å²) in [5, 5.41) is 8.93. The number of carboxylic acids is 1. The monoisotopic (exact) mass is 231 g/mol. The van der Waals surface area contributed by atoms with Crippen LogP contribution in [0.2, 0.25) is 0 Å². The van der Waals surface area contributed by atoms with E-state index in [-0.39, 0.29) is 17.3 Å². The van der Waals surface area contributed by atoms with E-state index in [0.717, 1.165) is 0 Å². The van der Waals surface area contributed by atoms with Crippen LogP contribution in [0.3, 0.4) is 0 Å². The van der Waals surface area contributed by atoms with Gasteiger partial charge in [0, 0.05) is 18.6 Å². The van der Waals surface area contributed by atoms with Gasteiger partial charge in [-0.05, 0) is 19.1 Å². The summed E-state index contributed by atoms with van der Waals surface area (Å²) in [7, 11) is 0. The van der Waals surface area contributed by atoms with Crippen LogP contribution < -0.4 is 4.74 Å². The van der Waals surface area contributed by atoms with Crippen molar-refractivity contribution in [1.29, 1.82) is 0 Å². The average molecular weight is 231 g/mol. The summed E-state index contributed by atoms with van der Waals surface area (Å²) < 4.78 is 5.38. The fourth-order valence-corrected chi connectivity index (χ4v) is 1.23. The van der Waals surface area contributed by atoms with Gasteiger partial charge >= 0.3 is 5.97 Å². The lowest BCUT2D eigenvalue weighted by Crippen LogP contribution is -2.04. The number of carboxylic acid groups (broad SMARTS) is 1. The molecule has 2 heterocycles. The summed E-state index contributed by atoms with van der Waals surface area (Å²) in [5.41, 5.74) is 0.422. The van der Waals surface area contributed by atoms with Gasteiger partial charge in [-0.3, -0.25) is 4.98 Å². The molecule has 2 aromatic heterocycles. The molecule has 0 aliphatic rings. The maximum atomic E-state index is 10.9. The molecule has 0 aliphatic heterocycles. The summed E-state index contributed by atoms with van der Waals surface area (Å²) >= 11 is 0. The third-order valence-electron chi connectivity index (χ3n) is 2.02. The molecule has 0 saturated heterocycles. The minimum Gasteiger partial charge on any atom is -0.476 e. The average Bonchev–Trinajstić information content (AvgIpc) is 2.32. The highest BCUT2D eigenvalue weighted by Crippen LogP contribution is 2.23. The molecule has 6 heteroatoms. The van der Waals surface area contributed by atoms with E-state index >= 15 is 0 Å². The summed E-state index contributed by atoms with van der Waals surface area (Å²) in [6.45, 7) is 1.72. The molecule has 1 N–H and O–H groups in total. The van der Waals surface area contributed by atoms with Crippen LogP contribution in [0.4, 0.5) is 0 Å². The van der Waals surface area contributed by atoms with E-state index in [1.165, 1.54) is 24.7 Å². The highest BCUT2D eigenvalue weighted by Gasteiger charge is 2.14. The van der Waals surface area contributed by atoms with Gasteiger partial charge in [-0.15, -0.1) is 0 Å². The summed E-state index contributed by atoms with van der Waals surface area (Å²) in [6.07, 6.45) is 4.39. The van der Waals surface area contributed by atoms with Crippen molar-refractivity contribution in [3.63, 3.8) is 0 Å². The van der Waals surface area contributed by atoms with Crippen molar-refractivity contribution in [2.75, 3.05) is 0 Å². The van der Waals surface area contributed by atoms with Crippen LogP contribution in [0.25, 0.3) is 0 Å². The molecule has 0 bridgehead atoms. The molecule has 0 saturated carbocycles. The van der Waals surface area contributed by atoms with Gasteiger partial charge in [-0.2, -0.15) is 0 Å². The second kappa shape index (κ2) is 4.56. The number of aromatic carboxylic acids is 1. The lowest BCUT2D eigenvalue weighted by molar-refractivity contribution is 0.0687. The van der Waals surface area contributed by atoms with Gasteiger partial charge in [0.25, 0.3) is 0 Å². The summed E-state index contributed by atoms with van der Waals surface area (Å²) in [5.74, 6) is -0.742. The Balaban J connectivity index is 2.37. The Morgan fingerprint density at radius 1 is 1.24 bits per heavy atom. The molecule has 2 rings (SSSR count). The molecular weight excluding hydrogens is 222 g/mol. The lowest BCUT2D eigenvalue weighted by atomic mass is 10.3. The standard InChI is InChI=1S/C11H9N3O3/c1-7-10(14-6-5-12-7)17-8-3-2-4-13-9(8)11(15)16/h2-6H,1H3,(H,15,16). The van der Waals surface area contributed by atoms with Gasteiger partial charge < -0.3 is 9.84 Å². The number of hydrogen-bond donors (Lipinski definition) is 1. The second-order valence-electron chi connectivity index (χ2n) is 3.20. The fraction of sp³-hybridized carbons (Fsp3) is 0.0909. The first kappa shape index (κ1) is 11.0. The van der Waals surface area contributed by atoms with Crippen LogP contribution >= 0.6 is 0 Å². The fourth-order valence-electron chi connectivity index (χ4n) is 1.23. The van der Waals surface area contributed by atoms with Crippen molar-refractivity contribution in [2.45, 2.75) is 6.92 Å². The first-order valence-electron chi connectivity index (χ1n) is 4.82. The maximum absolute atomic E-state index is 10.9. The highest BCUT2D eigenvalue weighted by molar-refractivity contribution is 5.88. The number of aryl methyl sites for hydroxylation is 1. The van der Waals surface area contributed by atoms with Crippen molar-refractivity contribution in [2.24, 2.45) is 0 Å². The SMILES string of the molecule is Cc1nccnc1Oc1cccnc1C(=O)O. The van der Waals surface area contributed by atoms with E-state index in [0.29, 0.717) is 5.69 Å². The van der Waals surface area contributed by atoms with Crippen molar-refractivity contribution in [3.8, 4) is 11.6 Å². The number of ether oxygens (including phenoxy) is 1. The van der Waals surface area contributed by atoms with Crippen LogP contribution in [0, 0.1) is 6.92 Å². The number of hydrogen-bond acceptors (Lipinski definition) is 5. The topological polar surface area (TPSA) is 85.2 Å². The first-order valence-corrected chi connectivity index (χ1v) is 4.82. The van der Waals surface area contributed by atoms with Gasteiger partial charge in [0.2, 0.25) is 5.88 Å². The van der Waals surface area contributed by atoms with Crippen LogP contribution in [-0.4, -0.2) is 26.0 Å². The molecule has 0 atom stereocenters. The Bertz CT molecular complexity index is 557. The van der Waals surface area contributed by atoms with Crippen LogP contribution in [-0.2, 0) is 0 Å². The number of carbonyl (C=O) groups is 1. The third kappa shape index (κ3) is 2.36. The van der Waals surface area contributed by atoms with E-state index in [9.17, 15) is 4.79 Å². The van der Waals surface area contributed by atoms with Crippen LogP contribution in [0.1, 0.15) is 16.2 Å². The van der Waals surface area contributed by atoms with E-state index < -0.39 is 5.97 Å². The van der Waals surface area contributed by atoms with Gasteiger partial charge in [-0.1, -0.05) is 0 Å². The van der Waals surface area contributed by atoms with Crippen LogP contribution in [0.15, 0.2) is 30.7 Å².